The summed E-state index contributed by atoms with van der Waals surface area (Å²) < 4.78 is 0. The van der Waals surface area contributed by atoms with E-state index in [0.717, 1.165) is 35.6 Å². The molecule has 7 N–H and O–H groups in total. The summed E-state index contributed by atoms with van der Waals surface area (Å²) in [5, 5.41) is 16.4. The number of aromatic nitrogens is 1. The maximum absolute atomic E-state index is 9.25. The fraction of sp³-hybridized carbons (Fsp3) is 0.370. The third-order valence-corrected chi connectivity index (χ3v) is 8.43. The van der Waals surface area contributed by atoms with Crippen molar-refractivity contribution < 1.29 is 5.11 Å². The van der Waals surface area contributed by atoms with E-state index in [4.69, 9.17) is 23.1 Å². The van der Waals surface area contributed by atoms with Crippen LogP contribution in [0.5, 0.6) is 0 Å². The van der Waals surface area contributed by atoms with Crippen molar-refractivity contribution in [2.24, 2.45) is 21.1 Å². The van der Waals surface area contributed by atoms with Crippen molar-refractivity contribution >= 4 is 41.7 Å². The number of nitrogens with two attached hydrogens (primary N) is 2. The summed E-state index contributed by atoms with van der Waals surface area (Å²) in [4.78, 5) is 14.3. The van der Waals surface area contributed by atoms with Gasteiger partial charge < -0.3 is 27.2 Å². The third-order valence-electron chi connectivity index (χ3n) is 6.67. The Kier molecular flexibility index (Phi) is 10.7. The molecule has 2 atom stereocenters. The van der Waals surface area contributed by atoms with Crippen LogP contribution < -0.4 is 22.1 Å². The fourth-order valence-corrected chi connectivity index (χ4v) is 5.79. The van der Waals surface area contributed by atoms with Gasteiger partial charge in [-0.25, -0.2) is 9.98 Å². The number of amidine groups is 1. The number of rotatable bonds is 12. The summed E-state index contributed by atoms with van der Waals surface area (Å²) in [6, 6.07) is 10.2. The van der Waals surface area contributed by atoms with Crippen molar-refractivity contribution in [1.29, 1.82) is 0 Å². The van der Waals surface area contributed by atoms with Gasteiger partial charge in [0.05, 0.1) is 22.2 Å². The predicted molar refractivity (Wildman–Crippen MR) is 156 cm³/mol. The molecular formula is C27H36ClN7OS. The molecular weight excluding hydrogens is 506 g/mol. The zero-order chi connectivity index (χ0) is 26.8. The first-order chi connectivity index (χ1) is 17.9. The van der Waals surface area contributed by atoms with Crippen LogP contribution in [-0.4, -0.2) is 49.4 Å². The lowest BCUT2D eigenvalue weighted by Gasteiger charge is -2.34. The average molecular weight is 542 g/mol. The molecule has 8 nitrogen and oxygen atoms in total. The average Bonchev–Trinajstić information content (AvgIpc) is 3.19. The number of aliphatic imine (C=N–C) groups is 2. The smallest absolute Gasteiger partial charge is 0.143 e. The summed E-state index contributed by atoms with van der Waals surface area (Å²) in [7, 11) is 1.97. The minimum atomic E-state index is -0.116. The zero-order valence-electron chi connectivity index (χ0n) is 21.4. The number of aliphatic hydroxyl groups is 1. The molecule has 1 heterocycles. The van der Waals surface area contributed by atoms with Gasteiger partial charge in [0.15, 0.2) is 0 Å². The molecule has 0 bridgehead atoms. The van der Waals surface area contributed by atoms with E-state index in [1.54, 1.807) is 24.5 Å². The van der Waals surface area contributed by atoms with E-state index in [2.05, 4.69) is 56.6 Å². The van der Waals surface area contributed by atoms with Crippen LogP contribution in [0.4, 0.5) is 5.82 Å². The highest BCUT2D eigenvalue weighted by Crippen LogP contribution is 2.48. The number of hydrogen-bond acceptors (Lipinski definition) is 8. The maximum Gasteiger partial charge on any atom is 0.143 e. The van der Waals surface area contributed by atoms with Crippen LogP contribution in [0.1, 0.15) is 36.9 Å². The van der Waals surface area contributed by atoms with Crippen molar-refractivity contribution in [3.8, 4) is 0 Å². The highest BCUT2D eigenvalue weighted by atomic mass is 35.5. The summed E-state index contributed by atoms with van der Waals surface area (Å²) in [6.45, 7) is 6.97. The van der Waals surface area contributed by atoms with Gasteiger partial charge in [0, 0.05) is 29.9 Å². The number of nitrogen functional groups attached to an aromatic ring is 1. The molecule has 0 spiro atoms. The molecule has 0 saturated heterocycles. The van der Waals surface area contributed by atoms with Gasteiger partial charge in [-0.15, -0.1) is 0 Å². The first-order valence-corrected chi connectivity index (χ1v) is 13.4. The normalized spacial score (nSPS) is 20.1. The van der Waals surface area contributed by atoms with Crippen LogP contribution >= 0.6 is 23.4 Å². The Hall–Kier alpha value is -2.69. The molecule has 0 saturated carbocycles. The Labute approximate surface area is 228 Å². The lowest BCUT2D eigenvalue weighted by Crippen LogP contribution is -2.38. The van der Waals surface area contributed by atoms with Gasteiger partial charge in [-0.2, -0.15) is 0 Å². The highest BCUT2D eigenvalue weighted by molar-refractivity contribution is 8.04. The molecule has 1 aliphatic rings. The zero-order valence-corrected chi connectivity index (χ0v) is 22.9. The molecule has 2 unspecified atom stereocenters. The van der Waals surface area contributed by atoms with E-state index in [0.29, 0.717) is 23.1 Å². The number of allylic oxidation sites excluding steroid dienone is 1. The number of aliphatic hydroxyl groups excluding tert-OH is 1. The highest BCUT2D eigenvalue weighted by Gasteiger charge is 2.43. The Bertz CT molecular complexity index is 1180. The predicted octanol–water partition coefficient (Wildman–Crippen LogP) is 4.08. The first kappa shape index (κ1) is 28.9. The van der Waals surface area contributed by atoms with Gasteiger partial charge in [0.25, 0.3) is 0 Å². The second-order valence-corrected chi connectivity index (χ2v) is 10.4. The number of halogens is 1. The minimum Gasteiger partial charge on any atom is -0.392 e. The van der Waals surface area contributed by atoms with Gasteiger partial charge in [-0.1, -0.05) is 47.6 Å². The van der Waals surface area contributed by atoms with E-state index in [9.17, 15) is 5.11 Å². The van der Waals surface area contributed by atoms with Crippen molar-refractivity contribution in [2.75, 3.05) is 32.5 Å². The van der Waals surface area contributed by atoms with Gasteiger partial charge in [0.1, 0.15) is 11.7 Å². The molecule has 198 valence electrons. The van der Waals surface area contributed by atoms with Crippen molar-refractivity contribution in [3.63, 3.8) is 0 Å². The Balaban J connectivity index is 1.87. The lowest BCUT2D eigenvalue weighted by atomic mass is 9.75. The molecule has 0 aliphatic heterocycles. The minimum absolute atomic E-state index is 0.0481. The molecule has 37 heavy (non-hydrogen) atoms. The Morgan fingerprint density at radius 2 is 2.08 bits per heavy atom. The number of hydrogen-bond donors (Lipinski definition) is 5. The summed E-state index contributed by atoms with van der Waals surface area (Å²) in [5.41, 5.74) is 15.9. The molecule has 0 fully saturated rings. The number of nitrogens with zero attached hydrogens (tertiary/aromatic N) is 3. The van der Waals surface area contributed by atoms with E-state index in [-0.39, 0.29) is 23.9 Å². The van der Waals surface area contributed by atoms with Gasteiger partial charge in [-0.05, 0) is 75.2 Å². The summed E-state index contributed by atoms with van der Waals surface area (Å²) in [6.07, 6.45) is 7.47. The molecule has 0 radical (unpaired) electrons. The second kappa shape index (κ2) is 13.7. The molecule has 10 heteroatoms. The fourth-order valence-electron chi connectivity index (χ4n) is 4.59. The topological polar surface area (TPSA) is 134 Å². The second-order valence-electron chi connectivity index (χ2n) is 8.97. The third kappa shape index (κ3) is 7.00. The van der Waals surface area contributed by atoms with E-state index in [1.807, 2.05) is 14.0 Å². The maximum atomic E-state index is 9.25. The van der Waals surface area contributed by atoms with Gasteiger partial charge in [-0.3, -0.25) is 4.99 Å². The standard InChI is InChI=1S/C27H36ClN7OS/c1-18(32-3)23(37-21-9-13-33-25(30)22(21)28)26(34-12-6-16-36)35-15-11-27(10-14-31-2)17-19-7-4-5-8-20(19)24(27)29/h4-9,12-13,24,31,36H,3,10-11,14-17,29H2,1-2H3,(H2,30,33)(H,34,35)/b12-6+,23-18+. The molecule has 0 amide bonds. The summed E-state index contributed by atoms with van der Waals surface area (Å²) >= 11 is 7.81. The molecule has 1 aromatic heterocycles. The molecule has 3 rings (SSSR count). The van der Waals surface area contributed by atoms with Crippen LogP contribution in [0.2, 0.25) is 5.02 Å². The lowest BCUT2D eigenvalue weighted by molar-refractivity contribution is 0.206. The Morgan fingerprint density at radius 3 is 2.78 bits per heavy atom. The number of nitrogens with one attached hydrogen (secondary N) is 2. The van der Waals surface area contributed by atoms with Crippen LogP contribution in [0.3, 0.4) is 0 Å². The van der Waals surface area contributed by atoms with E-state index in [1.165, 1.54) is 22.9 Å². The SMILES string of the molecule is C=N\C(C)=C(Sc1ccnc(N)c1Cl)/C(=N/C=C/CO)NCCC1(CCNC)Cc2ccccc2C1N. The van der Waals surface area contributed by atoms with Gasteiger partial charge in [0.2, 0.25) is 0 Å². The number of fused-ring (bicyclic) bond motifs is 1. The van der Waals surface area contributed by atoms with Crippen molar-refractivity contribution in [3.05, 3.63) is 75.6 Å². The van der Waals surface area contributed by atoms with Crippen molar-refractivity contribution in [1.82, 2.24) is 15.6 Å². The summed E-state index contributed by atoms with van der Waals surface area (Å²) in [5.74, 6) is 0.849. The number of pyridine rings is 1. The molecule has 1 aliphatic carbocycles. The number of benzene rings is 1. The largest absolute Gasteiger partial charge is 0.392 e. The molecule has 2 aromatic rings. The monoisotopic (exact) mass is 541 g/mol. The van der Waals surface area contributed by atoms with Crippen molar-refractivity contribution in [2.45, 2.75) is 37.1 Å². The van der Waals surface area contributed by atoms with Crippen LogP contribution in [0, 0.1) is 5.41 Å². The quantitative estimate of drug-likeness (QED) is 0.155. The van der Waals surface area contributed by atoms with Crippen LogP contribution in [0.25, 0.3) is 0 Å². The van der Waals surface area contributed by atoms with Crippen LogP contribution in [-0.2, 0) is 6.42 Å². The van der Waals surface area contributed by atoms with E-state index < -0.39 is 0 Å². The number of anilines is 1. The first-order valence-electron chi connectivity index (χ1n) is 12.2. The van der Waals surface area contributed by atoms with Gasteiger partial charge >= 0.3 is 0 Å². The van der Waals surface area contributed by atoms with Crippen LogP contribution in [0.15, 0.2) is 74.3 Å². The van der Waals surface area contributed by atoms with E-state index >= 15 is 0 Å². The Morgan fingerprint density at radius 1 is 1.32 bits per heavy atom. The number of thioether (sulfide) groups is 1. The molecule has 1 aromatic carbocycles.